The second-order valence-corrected chi connectivity index (χ2v) is 5.51. The van der Waals surface area contributed by atoms with Gasteiger partial charge in [-0.1, -0.05) is 0 Å². The summed E-state index contributed by atoms with van der Waals surface area (Å²) in [6, 6.07) is 6.23. The topological polar surface area (TPSA) is 32.3 Å². The van der Waals surface area contributed by atoms with Gasteiger partial charge < -0.3 is 10.2 Å². The summed E-state index contributed by atoms with van der Waals surface area (Å²) in [5, 5.41) is 3.34. The molecule has 1 heterocycles. The van der Waals surface area contributed by atoms with Gasteiger partial charge in [0.05, 0.1) is 0 Å². The van der Waals surface area contributed by atoms with Crippen LogP contribution in [0.3, 0.4) is 0 Å². The van der Waals surface area contributed by atoms with Crippen LogP contribution in [0.25, 0.3) is 0 Å². The number of carbonyl (C=O) groups is 1. The molecular weight excluding hydrogens is 251 g/mol. The Morgan fingerprint density at radius 1 is 1.50 bits per heavy atom. The fraction of sp³-hybridized carbons (Fsp3) is 0.462. The fourth-order valence-electron chi connectivity index (χ4n) is 1.91. The standard InChI is InChI=1S/C13H17FN2OS/c1-16(12-4-2-10(14)3-5-12)13(17)8-11-9-18-7-6-15-11/h2-5,11,15H,6-9H2,1H3. The van der Waals surface area contributed by atoms with E-state index in [2.05, 4.69) is 5.32 Å². The van der Waals surface area contributed by atoms with E-state index in [0.717, 1.165) is 23.7 Å². The average Bonchev–Trinajstić information content (AvgIpc) is 2.40. The Balaban J connectivity index is 1.93. The number of benzene rings is 1. The van der Waals surface area contributed by atoms with E-state index >= 15 is 0 Å². The first-order valence-corrected chi connectivity index (χ1v) is 7.15. The molecule has 0 bridgehead atoms. The molecule has 0 aromatic heterocycles. The predicted octanol–water partition coefficient (Wildman–Crippen LogP) is 1.88. The monoisotopic (exact) mass is 268 g/mol. The van der Waals surface area contributed by atoms with Gasteiger partial charge in [0.1, 0.15) is 5.82 Å². The molecule has 1 aromatic rings. The van der Waals surface area contributed by atoms with Gasteiger partial charge in [-0.3, -0.25) is 4.79 Å². The molecule has 0 saturated carbocycles. The Labute approximate surface area is 111 Å². The van der Waals surface area contributed by atoms with Gasteiger partial charge in [0, 0.05) is 43.2 Å². The molecule has 0 aliphatic carbocycles. The smallest absolute Gasteiger partial charge is 0.228 e. The molecule has 0 spiro atoms. The molecule has 2 rings (SSSR count). The SMILES string of the molecule is CN(C(=O)CC1CSCCN1)c1ccc(F)cc1. The largest absolute Gasteiger partial charge is 0.315 e. The van der Waals surface area contributed by atoms with Crippen LogP contribution in [0.15, 0.2) is 24.3 Å². The molecule has 5 heteroatoms. The second-order valence-electron chi connectivity index (χ2n) is 4.36. The van der Waals surface area contributed by atoms with Crippen LogP contribution in [-0.2, 0) is 4.79 Å². The van der Waals surface area contributed by atoms with Crippen molar-refractivity contribution in [3.8, 4) is 0 Å². The van der Waals surface area contributed by atoms with Crippen LogP contribution in [0.5, 0.6) is 0 Å². The number of carbonyl (C=O) groups excluding carboxylic acids is 1. The maximum atomic E-state index is 12.8. The normalized spacial score (nSPS) is 19.6. The molecule has 1 unspecified atom stereocenters. The molecule has 0 radical (unpaired) electrons. The number of amides is 1. The number of halogens is 1. The third kappa shape index (κ3) is 3.46. The van der Waals surface area contributed by atoms with Gasteiger partial charge in [0.15, 0.2) is 0 Å². The van der Waals surface area contributed by atoms with E-state index in [1.165, 1.54) is 12.1 Å². The molecule has 1 atom stereocenters. The van der Waals surface area contributed by atoms with Gasteiger partial charge in [-0.2, -0.15) is 11.8 Å². The van der Waals surface area contributed by atoms with E-state index in [1.54, 1.807) is 24.1 Å². The van der Waals surface area contributed by atoms with Crippen LogP contribution in [0, 0.1) is 5.82 Å². The summed E-state index contributed by atoms with van der Waals surface area (Å²) in [6.45, 7) is 0.961. The summed E-state index contributed by atoms with van der Waals surface area (Å²) >= 11 is 1.87. The summed E-state index contributed by atoms with van der Waals surface area (Å²) < 4.78 is 12.8. The number of nitrogens with zero attached hydrogens (tertiary/aromatic N) is 1. The lowest BCUT2D eigenvalue weighted by Gasteiger charge is -2.25. The highest BCUT2D eigenvalue weighted by Gasteiger charge is 2.19. The van der Waals surface area contributed by atoms with E-state index < -0.39 is 0 Å². The molecule has 3 nitrogen and oxygen atoms in total. The molecule has 1 aliphatic heterocycles. The van der Waals surface area contributed by atoms with Gasteiger partial charge in [0.2, 0.25) is 5.91 Å². The number of rotatable bonds is 3. The fourth-order valence-corrected chi connectivity index (χ4v) is 2.86. The molecule has 1 aliphatic rings. The minimum Gasteiger partial charge on any atom is -0.315 e. The zero-order valence-electron chi connectivity index (χ0n) is 10.4. The Hall–Kier alpha value is -1.07. The third-order valence-electron chi connectivity index (χ3n) is 3.01. The van der Waals surface area contributed by atoms with E-state index in [4.69, 9.17) is 0 Å². The molecule has 18 heavy (non-hydrogen) atoms. The average molecular weight is 268 g/mol. The maximum Gasteiger partial charge on any atom is 0.228 e. The summed E-state index contributed by atoms with van der Waals surface area (Å²) in [4.78, 5) is 13.7. The highest BCUT2D eigenvalue weighted by Crippen LogP contribution is 2.16. The molecule has 1 aromatic carbocycles. The highest BCUT2D eigenvalue weighted by atomic mass is 32.2. The summed E-state index contributed by atoms with van der Waals surface area (Å²) in [7, 11) is 1.73. The third-order valence-corrected chi connectivity index (χ3v) is 4.14. The van der Waals surface area contributed by atoms with Crippen molar-refractivity contribution in [3.63, 3.8) is 0 Å². The van der Waals surface area contributed by atoms with E-state index in [-0.39, 0.29) is 17.8 Å². The zero-order valence-corrected chi connectivity index (χ0v) is 11.2. The van der Waals surface area contributed by atoms with Crippen LogP contribution >= 0.6 is 11.8 Å². The van der Waals surface area contributed by atoms with Crippen molar-refractivity contribution in [2.24, 2.45) is 0 Å². The Morgan fingerprint density at radius 2 is 2.22 bits per heavy atom. The first kappa shape index (κ1) is 13.4. The maximum absolute atomic E-state index is 12.8. The van der Waals surface area contributed by atoms with Crippen LogP contribution in [0.2, 0.25) is 0 Å². The Kier molecular flexibility index (Phi) is 4.60. The molecule has 1 amide bonds. The van der Waals surface area contributed by atoms with Crippen molar-refractivity contribution in [1.29, 1.82) is 0 Å². The summed E-state index contributed by atoms with van der Waals surface area (Å²) in [5.41, 5.74) is 0.727. The van der Waals surface area contributed by atoms with Crippen LogP contribution < -0.4 is 10.2 Å². The zero-order chi connectivity index (χ0) is 13.0. The van der Waals surface area contributed by atoms with Crippen molar-refractivity contribution in [2.45, 2.75) is 12.5 Å². The molecular formula is C13H17FN2OS. The predicted molar refractivity (Wildman–Crippen MR) is 73.5 cm³/mol. The molecule has 1 N–H and O–H groups in total. The van der Waals surface area contributed by atoms with Crippen molar-refractivity contribution in [2.75, 3.05) is 30.0 Å². The van der Waals surface area contributed by atoms with Crippen molar-refractivity contribution in [1.82, 2.24) is 5.32 Å². The van der Waals surface area contributed by atoms with Gasteiger partial charge >= 0.3 is 0 Å². The van der Waals surface area contributed by atoms with Crippen LogP contribution in [0.1, 0.15) is 6.42 Å². The number of hydrogen-bond donors (Lipinski definition) is 1. The molecule has 1 saturated heterocycles. The Morgan fingerprint density at radius 3 is 2.83 bits per heavy atom. The molecule has 98 valence electrons. The number of nitrogens with one attached hydrogen (secondary N) is 1. The van der Waals surface area contributed by atoms with Crippen molar-refractivity contribution in [3.05, 3.63) is 30.1 Å². The lowest BCUT2D eigenvalue weighted by atomic mass is 10.2. The number of anilines is 1. The number of hydrogen-bond acceptors (Lipinski definition) is 3. The molecule has 1 fully saturated rings. The minimum absolute atomic E-state index is 0.0570. The lowest BCUT2D eigenvalue weighted by Crippen LogP contribution is -2.41. The number of thioether (sulfide) groups is 1. The van der Waals surface area contributed by atoms with E-state index in [0.29, 0.717) is 6.42 Å². The van der Waals surface area contributed by atoms with Crippen LogP contribution in [-0.4, -0.2) is 37.0 Å². The first-order chi connectivity index (χ1) is 8.66. The Bertz CT molecular complexity index is 404. The van der Waals surface area contributed by atoms with E-state index in [1.807, 2.05) is 11.8 Å². The van der Waals surface area contributed by atoms with Crippen molar-refractivity contribution < 1.29 is 9.18 Å². The summed E-state index contributed by atoms with van der Waals surface area (Å²) in [5.74, 6) is 1.85. The quantitative estimate of drug-likeness (QED) is 0.908. The summed E-state index contributed by atoms with van der Waals surface area (Å²) in [6.07, 6.45) is 0.487. The lowest BCUT2D eigenvalue weighted by molar-refractivity contribution is -0.118. The minimum atomic E-state index is -0.287. The van der Waals surface area contributed by atoms with Crippen molar-refractivity contribution >= 4 is 23.4 Å². The van der Waals surface area contributed by atoms with E-state index in [9.17, 15) is 9.18 Å². The second kappa shape index (κ2) is 6.20. The first-order valence-electron chi connectivity index (χ1n) is 6.00. The van der Waals surface area contributed by atoms with Gasteiger partial charge in [-0.05, 0) is 24.3 Å². The van der Waals surface area contributed by atoms with Gasteiger partial charge in [-0.25, -0.2) is 4.39 Å². The van der Waals surface area contributed by atoms with Crippen LogP contribution in [0.4, 0.5) is 10.1 Å². The van der Waals surface area contributed by atoms with Gasteiger partial charge in [0.25, 0.3) is 0 Å². The highest BCUT2D eigenvalue weighted by molar-refractivity contribution is 7.99. The van der Waals surface area contributed by atoms with Gasteiger partial charge in [-0.15, -0.1) is 0 Å².